The van der Waals surface area contributed by atoms with E-state index in [4.69, 9.17) is 4.42 Å². The molecule has 0 saturated carbocycles. The Balaban J connectivity index is -0.000000101. The molecule has 0 radical (unpaired) electrons. The number of aryl methyl sites for hydroxylation is 8. The van der Waals surface area contributed by atoms with Gasteiger partial charge in [0.1, 0.15) is 11.5 Å². The van der Waals surface area contributed by atoms with Gasteiger partial charge in [-0.1, -0.05) is 37.1 Å². The molecule has 0 amide bonds. The molecule has 3 nitrogen and oxygen atoms in total. The Labute approximate surface area is 218 Å². The van der Waals surface area contributed by atoms with Crippen LogP contribution in [0.4, 0.5) is 0 Å². The largest absolute Gasteiger partial charge is 0.467 e. The van der Waals surface area contributed by atoms with Gasteiger partial charge in [-0.2, -0.15) is 0 Å². The van der Waals surface area contributed by atoms with Crippen LogP contribution in [0.3, 0.4) is 0 Å². The van der Waals surface area contributed by atoms with Crippen molar-refractivity contribution in [1.82, 2.24) is 9.97 Å². The predicted molar refractivity (Wildman–Crippen MR) is 159 cm³/mol. The molecule has 0 fully saturated rings. The van der Waals surface area contributed by atoms with Crippen LogP contribution in [-0.2, 0) is 0 Å². The molecule has 33 heavy (non-hydrogen) atoms. The number of rotatable bonds is 0. The van der Waals surface area contributed by atoms with Gasteiger partial charge in [0.15, 0.2) is 0 Å². The third kappa shape index (κ3) is 20.6. The minimum Gasteiger partial charge on any atom is -0.467 e. The van der Waals surface area contributed by atoms with Gasteiger partial charge in [-0.05, 0) is 79.7 Å². The van der Waals surface area contributed by atoms with Gasteiger partial charge < -0.3 is 4.42 Å². The summed E-state index contributed by atoms with van der Waals surface area (Å²) < 4.78 is 5.08. The first-order valence-electron chi connectivity index (χ1n) is 9.00. The summed E-state index contributed by atoms with van der Waals surface area (Å²) in [7, 11) is 0. The van der Waals surface area contributed by atoms with E-state index in [1.807, 2.05) is 63.6 Å². The first-order valence-corrected chi connectivity index (χ1v) is 11.4. The number of hydrogen-bond donors (Lipinski definition) is 0. The number of thiophene rings is 1. The number of hydrogen-bond acceptors (Lipinski definition) is 6. The van der Waals surface area contributed by atoms with E-state index in [-0.39, 0.29) is 37.1 Å². The number of furan rings is 1. The Morgan fingerprint density at radius 3 is 0.909 bits per heavy atom. The summed E-state index contributed by atoms with van der Waals surface area (Å²) in [6, 6.07) is 8.19. The van der Waals surface area contributed by atoms with Crippen molar-refractivity contribution in [3.05, 3.63) is 77.7 Å². The first-order chi connectivity index (χ1) is 13.2. The molecule has 0 unspecified atom stereocenters. The third-order valence-corrected chi connectivity index (χ3v) is 5.80. The van der Waals surface area contributed by atoms with Crippen molar-refractivity contribution in [2.75, 3.05) is 0 Å². The average Bonchev–Trinajstić information content (AvgIpc) is 3.37. The second kappa shape index (κ2) is 22.1. The Morgan fingerprint density at radius 2 is 0.818 bits per heavy atom. The Kier molecular flexibility index (Phi) is 27.7. The topological polar surface area (TPSA) is 38.9 Å². The maximum Gasteiger partial charge on any atom is 0.101 e. The molecule has 0 saturated heterocycles. The highest BCUT2D eigenvalue weighted by molar-refractivity contribution is 7.12. The van der Waals surface area contributed by atoms with Crippen LogP contribution in [0.5, 0.6) is 0 Å². The lowest BCUT2D eigenvalue weighted by Gasteiger charge is -1.76. The summed E-state index contributed by atoms with van der Waals surface area (Å²) in [5.74, 6) is 1.97. The standard InChI is InChI=1S/C6H8O.C6H8S.2C5H7NS.5CH4/c2*1-5-3-4-6(2)7-5;2*1-4-3-6-5(2)7-4;;;;;/h2*3-4H,1-2H3;2*3H,1-2H3;5*1H4. The van der Waals surface area contributed by atoms with E-state index in [0.29, 0.717) is 0 Å². The normalized spacial score (nSPS) is 8.00. The van der Waals surface area contributed by atoms with E-state index in [1.165, 1.54) is 19.5 Å². The van der Waals surface area contributed by atoms with Crippen LogP contribution in [0.1, 0.15) is 78.2 Å². The van der Waals surface area contributed by atoms with Crippen molar-refractivity contribution in [1.29, 1.82) is 0 Å². The fraction of sp³-hybridized carbons (Fsp3) is 0.481. The Bertz CT molecular complexity index is 714. The van der Waals surface area contributed by atoms with E-state index in [0.717, 1.165) is 21.5 Å². The summed E-state index contributed by atoms with van der Waals surface area (Å²) in [4.78, 5) is 13.4. The van der Waals surface area contributed by atoms with Crippen molar-refractivity contribution >= 4 is 34.0 Å². The Morgan fingerprint density at radius 1 is 0.485 bits per heavy atom. The van der Waals surface area contributed by atoms with E-state index >= 15 is 0 Å². The molecule has 0 atom stereocenters. The van der Waals surface area contributed by atoms with Crippen LogP contribution >= 0.6 is 34.0 Å². The van der Waals surface area contributed by atoms with Crippen molar-refractivity contribution in [2.45, 2.75) is 92.5 Å². The molecular formula is C27H50N2OS3. The summed E-state index contributed by atoms with van der Waals surface area (Å²) in [5, 5.41) is 2.30. The molecule has 4 heterocycles. The highest BCUT2D eigenvalue weighted by atomic mass is 32.1. The lowest BCUT2D eigenvalue weighted by Crippen LogP contribution is -1.57. The molecule has 0 aliphatic rings. The van der Waals surface area contributed by atoms with Gasteiger partial charge in [0.2, 0.25) is 0 Å². The van der Waals surface area contributed by atoms with Crippen molar-refractivity contribution in [3.63, 3.8) is 0 Å². The maximum absolute atomic E-state index is 5.08. The number of thiazole rings is 2. The van der Waals surface area contributed by atoms with Crippen LogP contribution < -0.4 is 0 Å². The van der Waals surface area contributed by atoms with E-state index in [2.05, 4.69) is 49.8 Å². The minimum absolute atomic E-state index is 0. The van der Waals surface area contributed by atoms with Gasteiger partial charge in [0.25, 0.3) is 0 Å². The molecule has 0 aliphatic heterocycles. The quantitative estimate of drug-likeness (QED) is 0.234. The van der Waals surface area contributed by atoms with Crippen molar-refractivity contribution in [2.24, 2.45) is 0 Å². The highest BCUT2D eigenvalue weighted by Crippen LogP contribution is 2.12. The molecule has 192 valence electrons. The maximum atomic E-state index is 5.08. The van der Waals surface area contributed by atoms with Crippen LogP contribution in [0.25, 0.3) is 0 Å². The predicted octanol–water partition coefficient (Wildman–Crippen LogP) is 11.0. The van der Waals surface area contributed by atoms with Crippen LogP contribution in [-0.4, -0.2) is 9.97 Å². The van der Waals surface area contributed by atoms with Gasteiger partial charge in [-0.3, -0.25) is 0 Å². The molecule has 4 rings (SSSR count). The highest BCUT2D eigenvalue weighted by Gasteiger charge is 1.87. The van der Waals surface area contributed by atoms with Gasteiger partial charge >= 0.3 is 0 Å². The molecule has 4 aromatic heterocycles. The van der Waals surface area contributed by atoms with Crippen LogP contribution in [0, 0.1) is 55.4 Å². The summed E-state index contributed by atoms with van der Waals surface area (Å²) in [5.41, 5.74) is 0. The number of nitrogens with zero attached hydrogens (tertiary/aromatic N) is 2. The zero-order valence-corrected chi connectivity index (χ0v) is 20.4. The van der Waals surface area contributed by atoms with E-state index in [9.17, 15) is 0 Å². The number of aromatic nitrogens is 2. The summed E-state index contributed by atoms with van der Waals surface area (Å²) in [6.07, 6.45) is 3.78. The molecule has 0 aromatic carbocycles. The monoisotopic (exact) mass is 514 g/mol. The smallest absolute Gasteiger partial charge is 0.101 e. The lowest BCUT2D eigenvalue weighted by atomic mass is 10.5. The molecular weight excluding hydrogens is 465 g/mol. The van der Waals surface area contributed by atoms with E-state index in [1.54, 1.807) is 22.7 Å². The lowest BCUT2D eigenvalue weighted by molar-refractivity contribution is 0.504. The first kappa shape index (κ1) is 41.5. The average molecular weight is 515 g/mol. The summed E-state index contributed by atoms with van der Waals surface area (Å²) >= 11 is 5.31. The Hall–Kier alpha value is -1.76. The summed E-state index contributed by atoms with van der Waals surface area (Å²) in [6.45, 7) is 16.3. The fourth-order valence-corrected chi connectivity index (χ4v) is 4.18. The third-order valence-electron chi connectivity index (χ3n) is 3.22. The second-order valence-corrected chi connectivity index (χ2v) is 10.7. The molecule has 0 bridgehead atoms. The van der Waals surface area contributed by atoms with Gasteiger partial charge in [-0.15, -0.1) is 34.0 Å². The molecule has 0 N–H and O–H groups in total. The van der Waals surface area contributed by atoms with E-state index < -0.39 is 0 Å². The second-order valence-electron chi connectivity index (χ2n) is 6.29. The SMILES string of the molecule is C.C.C.C.C.Cc1ccc(C)o1.Cc1ccc(C)s1.Cc1cnc(C)s1.Cc1cnc(C)s1. The zero-order valence-electron chi connectivity index (χ0n) is 18.0. The van der Waals surface area contributed by atoms with Crippen molar-refractivity contribution < 1.29 is 4.42 Å². The fourth-order valence-electron chi connectivity index (χ4n) is 2.05. The molecule has 0 spiro atoms. The minimum atomic E-state index is 0. The van der Waals surface area contributed by atoms with Gasteiger partial charge in [0.05, 0.1) is 10.0 Å². The molecule has 0 aliphatic carbocycles. The molecule has 4 aromatic rings. The molecule has 6 heteroatoms. The van der Waals surface area contributed by atoms with Crippen LogP contribution in [0.15, 0.2) is 41.1 Å². The van der Waals surface area contributed by atoms with Gasteiger partial charge in [0, 0.05) is 31.9 Å². The zero-order chi connectivity index (χ0) is 21.1. The van der Waals surface area contributed by atoms with Gasteiger partial charge in [-0.25, -0.2) is 9.97 Å². The van der Waals surface area contributed by atoms with Crippen molar-refractivity contribution in [3.8, 4) is 0 Å². The van der Waals surface area contributed by atoms with Crippen LogP contribution in [0.2, 0.25) is 0 Å².